The third-order valence-electron chi connectivity index (χ3n) is 9.40. The molecule has 2 amide bonds. The van der Waals surface area contributed by atoms with Crippen molar-refractivity contribution in [1.82, 2.24) is 15.2 Å². The number of aliphatic hydroxyl groups excluding tert-OH is 2. The van der Waals surface area contributed by atoms with Gasteiger partial charge in [-0.2, -0.15) is 0 Å². The number of amides is 2. The molecular formula is C31H46N4O4S. The molecule has 5 atom stereocenters. The number of anilines is 1. The van der Waals surface area contributed by atoms with E-state index >= 15 is 0 Å². The van der Waals surface area contributed by atoms with Crippen molar-refractivity contribution in [2.45, 2.75) is 77.7 Å². The Bertz CT molecular complexity index is 1220. The summed E-state index contributed by atoms with van der Waals surface area (Å²) in [5, 5.41) is 28.0. The number of hydrogen-bond acceptors (Lipinski definition) is 7. The summed E-state index contributed by atoms with van der Waals surface area (Å²) in [7, 11) is 3.94. The van der Waals surface area contributed by atoms with E-state index in [1.165, 1.54) is 11.3 Å². The SMILES string of the molecule is CN(C)CCNC(=O)CC1c2nc(NC(=O)c3ccc(C(C)(C)C)cc3)sc2CC2C(C)(CO)C(O)CCC12C. The largest absolute Gasteiger partial charge is 0.396 e. The highest BCUT2D eigenvalue weighted by Crippen LogP contribution is 2.62. The standard InChI is InChI=1S/C31H46N4O4S/c1-29(2,3)20-10-8-19(9-11-20)27(39)34-28-33-26-21(16-25(38)32-14-15-35(6)7)30(4)13-12-24(37)31(5,18-36)23(30)17-22(26)40-28/h8-11,21,23-24,36-37H,12-18H2,1-7H3,(H,32,38)(H,33,34,39). The molecule has 0 saturated heterocycles. The van der Waals surface area contributed by atoms with Crippen molar-refractivity contribution < 1.29 is 19.8 Å². The molecule has 0 radical (unpaired) electrons. The Balaban J connectivity index is 1.63. The van der Waals surface area contributed by atoms with E-state index in [9.17, 15) is 19.8 Å². The maximum absolute atomic E-state index is 13.2. The van der Waals surface area contributed by atoms with Gasteiger partial charge in [0.1, 0.15) is 0 Å². The average molecular weight is 571 g/mol. The number of nitrogens with one attached hydrogen (secondary N) is 2. The summed E-state index contributed by atoms with van der Waals surface area (Å²) in [6, 6.07) is 7.65. The number of benzene rings is 1. The molecule has 9 heteroatoms. The van der Waals surface area contributed by atoms with Crippen molar-refractivity contribution in [3.05, 3.63) is 46.0 Å². The van der Waals surface area contributed by atoms with Crippen LogP contribution in [-0.4, -0.2) is 71.8 Å². The van der Waals surface area contributed by atoms with Crippen LogP contribution in [0, 0.1) is 16.7 Å². The minimum atomic E-state index is -0.688. The van der Waals surface area contributed by atoms with Crippen LogP contribution >= 0.6 is 11.3 Å². The molecule has 4 rings (SSSR count). The molecule has 5 unspecified atom stereocenters. The van der Waals surface area contributed by atoms with E-state index in [2.05, 4.69) is 38.3 Å². The van der Waals surface area contributed by atoms with E-state index in [4.69, 9.17) is 4.98 Å². The zero-order valence-corrected chi connectivity index (χ0v) is 25.8. The first-order chi connectivity index (χ1) is 18.7. The lowest BCUT2D eigenvalue weighted by molar-refractivity contribution is -0.144. The van der Waals surface area contributed by atoms with Crippen LogP contribution in [0.5, 0.6) is 0 Å². The summed E-state index contributed by atoms with van der Waals surface area (Å²) in [6.07, 6.45) is 1.61. The summed E-state index contributed by atoms with van der Waals surface area (Å²) in [6.45, 7) is 11.7. The Labute approximate surface area is 242 Å². The van der Waals surface area contributed by atoms with Gasteiger partial charge in [-0.15, -0.1) is 11.3 Å². The Kier molecular flexibility index (Phi) is 8.81. The van der Waals surface area contributed by atoms with Crippen LogP contribution in [0.15, 0.2) is 24.3 Å². The van der Waals surface area contributed by atoms with Gasteiger partial charge in [-0.3, -0.25) is 14.9 Å². The number of thiazole rings is 1. The normalized spacial score (nSPS) is 28.1. The summed E-state index contributed by atoms with van der Waals surface area (Å²) in [5.74, 6) is -0.473. The lowest BCUT2D eigenvalue weighted by atomic mass is 9.47. The highest BCUT2D eigenvalue weighted by atomic mass is 32.1. The second-order valence-corrected chi connectivity index (χ2v) is 14.6. The summed E-state index contributed by atoms with van der Waals surface area (Å²) >= 11 is 1.44. The molecule has 1 heterocycles. The first-order valence-corrected chi connectivity index (χ1v) is 15.1. The van der Waals surface area contributed by atoms with Crippen LogP contribution in [0.25, 0.3) is 0 Å². The number of carbonyl (C=O) groups excluding carboxylic acids is 2. The fourth-order valence-corrected chi connectivity index (χ4v) is 7.73. The Hall–Kier alpha value is -2.33. The summed E-state index contributed by atoms with van der Waals surface area (Å²) < 4.78 is 0. The summed E-state index contributed by atoms with van der Waals surface area (Å²) in [5.41, 5.74) is 1.56. The molecule has 220 valence electrons. The van der Waals surface area contributed by atoms with E-state index in [1.807, 2.05) is 50.2 Å². The van der Waals surface area contributed by atoms with Crippen molar-refractivity contribution in [2.75, 3.05) is 39.1 Å². The quantitative estimate of drug-likeness (QED) is 0.379. The van der Waals surface area contributed by atoms with Crippen LogP contribution in [0.3, 0.4) is 0 Å². The predicted octanol–water partition coefficient (Wildman–Crippen LogP) is 4.18. The van der Waals surface area contributed by atoms with E-state index in [0.29, 0.717) is 30.1 Å². The number of rotatable bonds is 8. The number of aliphatic hydroxyl groups is 2. The third-order valence-corrected chi connectivity index (χ3v) is 10.4. The highest BCUT2D eigenvalue weighted by molar-refractivity contribution is 7.15. The molecule has 2 aliphatic rings. The molecule has 0 aliphatic heterocycles. The van der Waals surface area contributed by atoms with Gasteiger partial charge in [0.2, 0.25) is 5.91 Å². The smallest absolute Gasteiger partial charge is 0.257 e. The lowest BCUT2D eigenvalue weighted by Gasteiger charge is -2.58. The molecule has 0 bridgehead atoms. The molecule has 1 aromatic heterocycles. The van der Waals surface area contributed by atoms with Gasteiger partial charge in [0, 0.05) is 41.3 Å². The number of likely N-dealkylation sites (N-methyl/N-ethyl adjacent to an activating group) is 1. The number of aromatic nitrogens is 1. The zero-order chi connectivity index (χ0) is 29.5. The van der Waals surface area contributed by atoms with Crippen LogP contribution in [0.2, 0.25) is 0 Å². The van der Waals surface area contributed by atoms with Crippen molar-refractivity contribution in [1.29, 1.82) is 0 Å². The van der Waals surface area contributed by atoms with Gasteiger partial charge >= 0.3 is 0 Å². The summed E-state index contributed by atoms with van der Waals surface area (Å²) in [4.78, 5) is 34.3. The van der Waals surface area contributed by atoms with Gasteiger partial charge in [-0.25, -0.2) is 4.98 Å². The number of nitrogens with zero attached hydrogens (tertiary/aromatic N) is 2. The van der Waals surface area contributed by atoms with Gasteiger partial charge < -0.3 is 20.4 Å². The molecule has 8 nitrogen and oxygen atoms in total. The molecule has 1 aromatic carbocycles. The first kappa shape index (κ1) is 30.6. The number of hydrogen-bond donors (Lipinski definition) is 4. The highest BCUT2D eigenvalue weighted by Gasteiger charge is 2.59. The van der Waals surface area contributed by atoms with Crippen molar-refractivity contribution in [3.8, 4) is 0 Å². The van der Waals surface area contributed by atoms with E-state index in [-0.39, 0.29) is 47.5 Å². The fourth-order valence-electron chi connectivity index (χ4n) is 6.67. The Morgan fingerprint density at radius 2 is 1.85 bits per heavy atom. The molecule has 1 fully saturated rings. The lowest BCUT2D eigenvalue weighted by Crippen LogP contribution is -2.57. The Morgan fingerprint density at radius 3 is 2.45 bits per heavy atom. The van der Waals surface area contributed by atoms with Crippen molar-refractivity contribution >= 4 is 28.3 Å². The van der Waals surface area contributed by atoms with Gasteiger partial charge in [-0.1, -0.05) is 46.8 Å². The van der Waals surface area contributed by atoms with Crippen LogP contribution < -0.4 is 10.6 Å². The van der Waals surface area contributed by atoms with Gasteiger partial charge in [0.25, 0.3) is 5.91 Å². The second kappa shape index (κ2) is 11.5. The van der Waals surface area contributed by atoms with Gasteiger partial charge in [0.15, 0.2) is 5.13 Å². The minimum Gasteiger partial charge on any atom is -0.396 e. The van der Waals surface area contributed by atoms with E-state index in [0.717, 1.165) is 29.1 Å². The number of carbonyl (C=O) groups is 2. The van der Waals surface area contributed by atoms with Crippen molar-refractivity contribution in [2.24, 2.45) is 16.7 Å². The molecule has 1 saturated carbocycles. The van der Waals surface area contributed by atoms with Gasteiger partial charge in [-0.05, 0) is 67.8 Å². The monoisotopic (exact) mass is 570 g/mol. The first-order valence-electron chi connectivity index (χ1n) is 14.3. The Morgan fingerprint density at radius 1 is 1.18 bits per heavy atom. The topological polar surface area (TPSA) is 115 Å². The molecule has 4 N–H and O–H groups in total. The maximum atomic E-state index is 13.2. The molecule has 2 aromatic rings. The molecular weight excluding hydrogens is 524 g/mol. The minimum absolute atomic E-state index is 0.000664. The number of fused-ring (bicyclic) bond motifs is 2. The average Bonchev–Trinajstić information content (AvgIpc) is 3.29. The third kappa shape index (κ3) is 5.98. The molecule has 0 spiro atoms. The molecule has 40 heavy (non-hydrogen) atoms. The van der Waals surface area contributed by atoms with Crippen molar-refractivity contribution in [3.63, 3.8) is 0 Å². The van der Waals surface area contributed by atoms with E-state index < -0.39 is 11.5 Å². The zero-order valence-electron chi connectivity index (χ0n) is 25.0. The predicted molar refractivity (Wildman–Crippen MR) is 160 cm³/mol. The van der Waals surface area contributed by atoms with E-state index in [1.54, 1.807) is 0 Å². The maximum Gasteiger partial charge on any atom is 0.257 e. The fraction of sp³-hybridized carbons (Fsp3) is 0.645. The second-order valence-electron chi connectivity index (χ2n) is 13.5. The van der Waals surface area contributed by atoms with Crippen LogP contribution in [0.1, 0.15) is 86.3 Å². The van der Waals surface area contributed by atoms with Crippen LogP contribution in [-0.2, 0) is 16.6 Å². The van der Waals surface area contributed by atoms with Gasteiger partial charge in [0.05, 0.1) is 18.4 Å². The van der Waals surface area contributed by atoms with Crippen LogP contribution in [0.4, 0.5) is 5.13 Å². The molecule has 2 aliphatic carbocycles.